The lowest BCUT2D eigenvalue weighted by atomic mass is 9.94. The molecule has 0 spiro atoms. The minimum Gasteiger partial charge on any atom is -0.493 e. The van der Waals surface area contributed by atoms with E-state index in [2.05, 4.69) is 29.7 Å². The van der Waals surface area contributed by atoms with Gasteiger partial charge in [0.2, 0.25) is 0 Å². The maximum absolute atomic E-state index is 5.85. The Morgan fingerprint density at radius 1 is 1.24 bits per heavy atom. The number of para-hydroxylation sites is 1. The zero-order valence-corrected chi connectivity index (χ0v) is 19.1. The van der Waals surface area contributed by atoms with Crippen molar-refractivity contribution < 1.29 is 13.9 Å². The number of halogens is 1. The van der Waals surface area contributed by atoms with Crippen LogP contribution in [0.5, 0.6) is 5.75 Å². The molecule has 1 aromatic carbocycles. The SMILES string of the molecule is CC(NC(=NCC1CCCO1)NCCc1ccco1)C1COc2ccccc21.I. The highest BCUT2D eigenvalue weighted by atomic mass is 127. The van der Waals surface area contributed by atoms with E-state index in [0.29, 0.717) is 19.1 Å². The first-order valence-corrected chi connectivity index (χ1v) is 10.2. The van der Waals surface area contributed by atoms with Crippen molar-refractivity contribution >= 4 is 29.9 Å². The molecular weight excluding hydrogens is 481 g/mol. The van der Waals surface area contributed by atoms with Crippen molar-refractivity contribution in [2.24, 2.45) is 4.99 Å². The fraction of sp³-hybridized carbons (Fsp3) is 0.500. The largest absolute Gasteiger partial charge is 0.493 e. The average molecular weight is 511 g/mol. The van der Waals surface area contributed by atoms with Crippen LogP contribution in [0.4, 0.5) is 0 Å². The molecule has 2 aromatic rings. The second-order valence-corrected chi connectivity index (χ2v) is 7.47. The molecule has 3 heterocycles. The average Bonchev–Trinajstić information content (AvgIpc) is 3.47. The maximum atomic E-state index is 5.85. The van der Waals surface area contributed by atoms with Crippen LogP contribution in [0.3, 0.4) is 0 Å². The van der Waals surface area contributed by atoms with E-state index in [0.717, 1.165) is 49.9 Å². The molecule has 3 unspecified atom stereocenters. The van der Waals surface area contributed by atoms with Crippen molar-refractivity contribution in [2.75, 3.05) is 26.3 Å². The number of rotatable bonds is 7. The quantitative estimate of drug-likeness (QED) is 0.337. The summed E-state index contributed by atoms with van der Waals surface area (Å²) in [6.07, 6.45) is 4.97. The second kappa shape index (κ2) is 10.9. The molecule has 1 fully saturated rings. The Balaban J connectivity index is 0.00000240. The normalized spacial score (nSPS) is 21.8. The molecule has 1 saturated heterocycles. The van der Waals surface area contributed by atoms with Crippen molar-refractivity contribution in [3.05, 3.63) is 54.0 Å². The molecular formula is C22H30IN3O3. The summed E-state index contributed by atoms with van der Waals surface area (Å²) in [5.41, 5.74) is 1.26. The molecule has 2 aliphatic rings. The topological polar surface area (TPSA) is 68.0 Å². The van der Waals surface area contributed by atoms with E-state index < -0.39 is 0 Å². The van der Waals surface area contributed by atoms with Crippen molar-refractivity contribution in [1.82, 2.24) is 10.6 Å². The molecule has 0 bridgehead atoms. The molecule has 158 valence electrons. The zero-order chi connectivity index (χ0) is 19.2. The minimum absolute atomic E-state index is 0. The predicted octanol–water partition coefficient (Wildman–Crippen LogP) is 3.72. The first-order chi connectivity index (χ1) is 13.8. The van der Waals surface area contributed by atoms with Crippen molar-refractivity contribution in [3.8, 4) is 5.75 Å². The van der Waals surface area contributed by atoms with E-state index in [-0.39, 0.29) is 36.1 Å². The number of fused-ring (bicyclic) bond motifs is 1. The van der Waals surface area contributed by atoms with E-state index in [9.17, 15) is 0 Å². The summed E-state index contributed by atoms with van der Waals surface area (Å²) in [5.74, 6) is 3.08. The van der Waals surface area contributed by atoms with E-state index >= 15 is 0 Å². The summed E-state index contributed by atoms with van der Waals surface area (Å²) in [5, 5.41) is 7.02. The van der Waals surface area contributed by atoms with Gasteiger partial charge >= 0.3 is 0 Å². The number of hydrogen-bond donors (Lipinski definition) is 2. The molecule has 4 rings (SSSR count). The number of ether oxygens (including phenoxy) is 2. The minimum atomic E-state index is 0. The molecule has 7 heteroatoms. The zero-order valence-electron chi connectivity index (χ0n) is 16.8. The summed E-state index contributed by atoms with van der Waals surface area (Å²) in [4.78, 5) is 4.79. The van der Waals surface area contributed by atoms with E-state index in [4.69, 9.17) is 18.9 Å². The third kappa shape index (κ3) is 5.88. The molecule has 0 radical (unpaired) electrons. The Morgan fingerprint density at radius 2 is 2.14 bits per heavy atom. The van der Waals surface area contributed by atoms with Crippen LogP contribution in [0.2, 0.25) is 0 Å². The number of furan rings is 1. The van der Waals surface area contributed by atoms with Gasteiger partial charge in [-0.2, -0.15) is 0 Å². The number of hydrogen-bond acceptors (Lipinski definition) is 4. The van der Waals surface area contributed by atoms with Crippen LogP contribution in [0.1, 0.15) is 37.0 Å². The van der Waals surface area contributed by atoms with Crippen molar-refractivity contribution in [2.45, 2.75) is 44.2 Å². The molecule has 6 nitrogen and oxygen atoms in total. The van der Waals surface area contributed by atoms with E-state index in [1.54, 1.807) is 6.26 Å². The Labute approximate surface area is 189 Å². The molecule has 1 aromatic heterocycles. The van der Waals surface area contributed by atoms with Gasteiger partial charge in [-0.15, -0.1) is 24.0 Å². The van der Waals surface area contributed by atoms with Gasteiger partial charge in [-0.05, 0) is 38.0 Å². The van der Waals surface area contributed by atoms with Crippen LogP contribution in [0.25, 0.3) is 0 Å². The Hall–Kier alpha value is -1.74. The lowest BCUT2D eigenvalue weighted by molar-refractivity contribution is 0.117. The van der Waals surface area contributed by atoms with Gasteiger partial charge in [-0.3, -0.25) is 4.99 Å². The van der Waals surface area contributed by atoms with Gasteiger partial charge in [-0.1, -0.05) is 18.2 Å². The second-order valence-electron chi connectivity index (χ2n) is 7.47. The first-order valence-electron chi connectivity index (χ1n) is 10.2. The van der Waals surface area contributed by atoms with Gasteiger partial charge in [0.15, 0.2) is 5.96 Å². The molecule has 0 saturated carbocycles. The smallest absolute Gasteiger partial charge is 0.191 e. The van der Waals surface area contributed by atoms with Crippen LogP contribution >= 0.6 is 24.0 Å². The summed E-state index contributed by atoms with van der Waals surface area (Å²) in [7, 11) is 0. The lowest BCUT2D eigenvalue weighted by Gasteiger charge is -2.23. The monoisotopic (exact) mass is 511 g/mol. The fourth-order valence-corrected chi connectivity index (χ4v) is 3.81. The van der Waals surface area contributed by atoms with Gasteiger partial charge in [0.25, 0.3) is 0 Å². The highest BCUT2D eigenvalue weighted by Crippen LogP contribution is 2.35. The van der Waals surface area contributed by atoms with E-state index in [1.807, 2.05) is 24.3 Å². The number of benzene rings is 1. The number of nitrogens with zero attached hydrogens (tertiary/aromatic N) is 1. The number of guanidine groups is 1. The van der Waals surface area contributed by atoms with Gasteiger partial charge in [0, 0.05) is 37.1 Å². The summed E-state index contributed by atoms with van der Waals surface area (Å²) < 4.78 is 17.0. The highest BCUT2D eigenvalue weighted by molar-refractivity contribution is 14.0. The Morgan fingerprint density at radius 3 is 2.93 bits per heavy atom. The molecule has 2 N–H and O–H groups in total. The summed E-state index contributed by atoms with van der Waals surface area (Å²) in [6, 6.07) is 12.4. The Kier molecular flexibility index (Phi) is 8.23. The standard InChI is InChI=1S/C22H29N3O3.HI/c1-16(20-15-28-21-9-3-2-8-19(20)21)25-22(24-14-18-7-5-13-27-18)23-11-10-17-6-4-12-26-17;/h2-4,6,8-9,12,16,18,20H,5,7,10-11,13-15H2,1H3,(H2,23,24,25);1H. The third-order valence-electron chi connectivity index (χ3n) is 5.43. The molecule has 0 amide bonds. The molecule has 29 heavy (non-hydrogen) atoms. The Bertz CT molecular complexity index is 775. The van der Waals surface area contributed by atoms with Crippen LogP contribution in [-0.2, 0) is 11.2 Å². The van der Waals surface area contributed by atoms with Gasteiger partial charge in [-0.25, -0.2) is 0 Å². The highest BCUT2D eigenvalue weighted by Gasteiger charge is 2.29. The summed E-state index contributed by atoms with van der Waals surface area (Å²) >= 11 is 0. The van der Waals surface area contributed by atoms with Gasteiger partial charge in [0.1, 0.15) is 11.5 Å². The van der Waals surface area contributed by atoms with Crippen LogP contribution in [-0.4, -0.2) is 44.4 Å². The number of nitrogens with one attached hydrogen (secondary N) is 2. The third-order valence-corrected chi connectivity index (χ3v) is 5.43. The van der Waals surface area contributed by atoms with Crippen LogP contribution in [0, 0.1) is 0 Å². The molecule has 0 aliphatic carbocycles. The molecule has 2 aliphatic heterocycles. The van der Waals surface area contributed by atoms with E-state index in [1.165, 1.54) is 5.56 Å². The summed E-state index contributed by atoms with van der Waals surface area (Å²) in [6.45, 7) is 5.17. The molecule has 3 atom stereocenters. The van der Waals surface area contributed by atoms with Gasteiger partial charge in [0.05, 0.1) is 25.5 Å². The number of aliphatic imine (C=N–C) groups is 1. The fourth-order valence-electron chi connectivity index (χ4n) is 3.81. The van der Waals surface area contributed by atoms with Gasteiger partial charge < -0.3 is 24.5 Å². The van der Waals surface area contributed by atoms with Crippen LogP contribution < -0.4 is 15.4 Å². The lowest BCUT2D eigenvalue weighted by Crippen LogP contribution is -2.46. The van der Waals surface area contributed by atoms with Crippen molar-refractivity contribution in [1.29, 1.82) is 0 Å². The predicted molar refractivity (Wildman–Crippen MR) is 124 cm³/mol. The van der Waals surface area contributed by atoms with Crippen LogP contribution in [0.15, 0.2) is 52.1 Å². The maximum Gasteiger partial charge on any atom is 0.191 e. The van der Waals surface area contributed by atoms with Crippen molar-refractivity contribution in [3.63, 3.8) is 0 Å². The first kappa shape index (κ1) is 22.0.